The number of ether oxygens (including phenoxy) is 1. The molecule has 0 saturated heterocycles. The summed E-state index contributed by atoms with van der Waals surface area (Å²) in [6.45, 7) is 10.2. The lowest BCUT2D eigenvalue weighted by Crippen LogP contribution is -2.20. The van der Waals surface area contributed by atoms with Crippen molar-refractivity contribution in [3.63, 3.8) is 0 Å². The number of hydrogen-bond donors (Lipinski definition) is 1. The van der Waals surface area contributed by atoms with Gasteiger partial charge in [0.1, 0.15) is 5.75 Å². The number of carbonyl (C=O) groups excluding carboxylic acids is 1. The van der Waals surface area contributed by atoms with Gasteiger partial charge in [-0.1, -0.05) is 32.9 Å². The van der Waals surface area contributed by atoms with E-state index in [0.717, 1.165) is 25.1 Å². The van der Waals surface area contributed by atoms with E-state index in [2.05, 4.69) is 25.2 Å². The Hall–Kier alpha value is -1.35. The molecule has 0 radical (unpaired) electrons. The minimum Gasteiger partial charge on any atom is -0.426 e. The first-order valence-electron chi connectivity index (χ1n) is 7.10. The Morgan fingerprint density at radius 2 is 2.11 bits per heavy atom. The standard InChI is InChI=1S/C16H25NO2/c1-5-9-17-11-13(4)14-7-8-15(12(3)10-14)19-16(18)6-2/h7-8,10,13,17H,5-6,9,11H2,1-4H3. The molecule has 1 aromatic rings. The van der Waals surface area contributed by atoms with E-state index in [4.69, 9.17) is 4.74 Å². The molecule has 1 aromatic carbocycles. The fraction of sp³-hybridized carbons (Fsp3) is 0.562. The van der Waals surface area contributed by atoms with Crippen LogP contribution in [0.3, 0.4) is 0 Å². The van der Waals surface area contributed by atoms with E-state index in [1.165, 1.54) is 5.56 Å². The molecular weight excluding hydrogens is 238 g/mol. The first-order chi connectivity index (χ1) is 9.08. The van der Waals surface area contributed by atoms with Crippen molar-refractivity contribution in [3.05, 3.63) is 29.3 Å². The first-order valence-corrected chi connectivity index (χ1v) is 7.10. The van der Waals surface area contributed by atoms with E-state index >= 15 is 0 Å². The second-order valence-electron chi connectivity index (χ2n) is 4.96. The predicted octanol–water partition coefficient (Wildman–Crippen LogP) is 3.41. The van der Waals surface area contributed by atoms with Crippen LogP contribution in [0.25, 0.3) is 0 Å². The minimum atomic E-state index is -0.187. The van der Waals surface area contributed by atoms with E-state index in [0.29, 0.717) is 18.1 Å². The Morgan fingerprint density at radius 3 is 2.68 bits per heavy atom. The van der Waals surface area contributed by atoms with Crippen LogP contribution in [0.15, 0.2) is 18.2 Å². The highest BCUT2D eigenvalue weighted by Gasteiger charge is 2.09. The molecule has 0 amide bonds. The van der Waals surface area contributed by atoms with E-state index < -0.39 is 0 Å². The molecule has 0 spiro atoms. The Bertz CT molecular complexity index is 415. The van der Waals surface area contributed by atoms with Gasteiger partial charge in [0.25, 0.3) is 0 Å². The topological polar surface area (TPSA) is 38.3 Å². The van der Waals surface area contributed by atoms with Crippen molar-refractivity contribution in [1.29, 1.82) is 0 Å². The predicted molar refractivity (Wildman–Crippen MR) is 78.7 cm³/mol. The number of benzene rings is 1. The van der Waals surface area contributed by atoms with Crippen LogP contribution in [0, 0.1) is 6.92 Å². The summed E-state index contributed by atoms with van der Waals surface area (Å²) >= 11 is 0. The molecule has 1 atom stereocenters. The SMILES string of the molecule is CCCNCC(C)c1ccc(OC(=O)CC)c(C)c1. The summed E-state index contributed by atoms with van der Waals surface area (Å²) in [5.74, 6) is 0.944. The van der Waals surface area contributed by atoms with Crippen LogP contribution in [0.2, 0.25) is 0 Å². The van der Waals surface area contributed by atoms with Crippen molar-refractivity contribution in [3.8, 4) is 5.75 Å². The molecule has 3 heteroatoms. The van der Waals surface area contributed by atoms with Crippen molar-refractivity contribution in [2.24, 2.45) is 0 Å². The minimum absolute atomic E-state index is 0.187. The highest BCUT2D eigenvalue weighted by molar-refractivity contribution is 5.72. The summed E-state index contributed by atoms with van der Waals surface area (Å²) in [6, 6.07) is 6.05. The van der Waals surface area contributed by atoms with Gasteiger partial charge in [-0.3, -0.25) is 4.79 Å². The molecule has 0 aliphatic carbocycles. The second-order valence-corrected chi connectivity index (χ2v) is 4.96. The molecule has 19 heavy (non-hydrogen) atoms. The quantitative estimate of drug-likeness (QED) is 0.465. The van der Waals surface area contributed by atoms with Crippen LogP contribution in [0.4, 0.5) is 0 Å². The number of hydrogen-bond acceptors (Lipinski definition) is 3. The van der Waals surface area contributed by atoms with Crippen molar-refractivity contribution >= 4 is 5.97 Å². The van der Waals surface area contributed by atoms with Crippen molar-refractivity contribution in [1.82, 2.24) is 5.32 Å². The van der Waals surface area contributed by atoms with E-state index in [9.17, 15) is 4.79 Å². The van der Waals surface area contributed by atoms with Crippen molar-refractivity contribution in [2.45, 2.75) is 46.5 Å². The molecule has 0 aromatic heterocycles. The third-order valence-corrected chi connectivity index (χ3v) is 3.16. The van der Waals surface area contributed by atoms with Gasteiger partial charge in [-0.25, -0.2) is 0 Å². The van der Waals surface area contributed by atoms with Crippen molar-refractivity contribution < 1.29 is 9.53 Å². The number of carbonyl (C=O) groups is 1. The third kappa shape index (κ3) is 5.03. The molecule has 1 rings (SSSR count). The van der Waals surface area contributed by atoms with Crippen LogP contribution in [-0.4, -0.2) is 19.1 Å². The highest BCUT2D eigenvalue weighted by atomic mass is 16.5. The van der Waals surface area contributed by atoms with Crippen LogP contribution in [0.5, 0.6) is 5.75 Å². The molecule has 3 nitrogen and oxygen atoms in total. The Balaban J connectivity index is 2.67. The highest BCUT2D eigenvalue weighted by Crippen LogP contribution is 2.23. The average Bonchev–Trinajstić information content (AvgIpc) is 2.41. The Morgan fingerprint density at radius 1 is 1.37 bits per heavy atom. The molecule has 1 N–H and O–H groups in total. The smallest absolute Gasteiger partial charge is 0.310 e. The van der Waals surface area contributed by atoms with E-state index in [-0.39, 0.29) is 5.97 Å². The zero-order valence-electron chi connectivity index (χ0n) is 12.5. The van der Waals surface area contributed by atoms with Gasteiger partial charge in [0.15, 0.2) is 0 Å². The zero-order valence-corrected chi connectivity index (χ0v) is 12.5. The first kappa shape index (κ1) is 15.7. The lowest BCUT2D eigenvalue weighted by Gasteiger charge is -2.15. The van der Waals surface area contributed by atoms with Crippen molar-refractivity contribution in [2.75, 3.05) is 13.1 Å². The third-order valence-electron chi connectivity index (χ3n) is 3.16. The maximum absolute atomic E-state index is 11.3. The molecule has 1 unspecified atom stereocenters. The number of rotatable bonds is 7. The molecule has 0 fully saturated rings. The maximum Gasteiger partial charge on any atom is 0.310 e. The molecule has 0 aliphatic heterocycles. The van der Waals surface area contributed by atoms with Gasteiger partial charge < -0.3 is 10.1 Å². The van der Waals surface area contributed by atoms with Gasteiger partial charge >= 0.3 is 5.97 Å². The van der Waals surface area contributed by atoms with E-state index in [1.54, 1.807) is 6.92 Å². The molecular formula is C16H25NO2. The molecule has 0 saturated carbocycles. The largest absolute Gasteiger partial charge is 0.426 e. The van der Waals surface area contributed by atoms with Gasteiger partial charge in [0.05, 0.1) is 0 Å². The summed E-state index contributed by atoms with van der Waals surface area (Å²) in [5.41, 5.74) is 2.29. The summed E-state index contributed by atoms with van der Waals surface area (Å²) in [4.78, 5) is 11.3. The Kier molecular flexibility index (Phi) is 6.57. The van der Waals surface area contributed by atoms with Crippen LogP contribution in [-0.2, 0) is 4.79 Å². The second kappa shape index (κ2) is 7.95. The molecule has 0 bridgehead atoms. The van der Waals surface area contributed by atoms with Gasteiger partial charge in [-0.2, -0.15) is 0 Å². The van der Waals surface area contributed by atoms with Gasteiger partial charge in [-0.05, 0) is 43.0 Å². The summed E-state index contributed by atoms with van der Waals surface area (Å²) in [5, 5.41) is 3.42. The number of nitrogens with one attached hydrogen (secondary N) is 1. The Labute approximate surface area is 116 Å². The fourth-order valence-electron chi connectivity index (χ4n) is 1.90. The monoisotopic (exact) mass is 263 g/mol. The fourth-order valence-corrected chi connectivity index (χ4v) is 1.90. The zero-order chi connectivity index (χ0) is 14.3. The summed E-state index contributed by atoms with van der Waals surface area (Å²) in [7, 11) is 0. The summed E-state index contributed by atoms with van der Waals surface area (Å²) < 4.78 is 5.27. The van der Waals surface area contributed by atoms with Crippen LogP contribution < -0.4 is 10.1 Å². The summed E-state index contributed by atoms with van der Waals surface area (Å²) in [6.07, 6.45) is 1.55. The van der Waals surface area contributed by atoms with Gasteiger partial charge in [-0.15, -0.1) is 0 Å². The normalized spacial score (nSPS) is 12.2. The molecule has 0 aliphatic rings. The van der Waals surface area contributed by atoms with Gasteiger partial charge in [0.2, 0.25) is 0 Å². The average molecular weight is 263 g/mol. The lowest BCUT2D eigenvalue weighted by atomic mass is 9.99. The lowest BCUT2D eigenvalue weighted by molar-refractivity contribution is -0.134. The molecule has 106 valence electrons. The van der Waals surface area contributed by atoms with E-state index in [1.807, 2.05) is 19.1 Å². The van der Waals surface area contributed by atoms with Gasteiger partial charge in [0, 0.05) is 13.0 Å². The number of esters is 1. The van der Waals surface area contributed by atoms with Crippen LogP contribution >= 0.6 is 0 Å². The maximum atomic E-state index is 11.3. The number of aryl methyl sites for hydroxylation is 1. The van der Waals surface area contributed by atoms with Crippen LogP contribution in [0.1, 0.15) is 50.7 Å². The molecule has 0 heterocycles.